The van der Waals surface area contributed by atoms with Crippen LogP contribution in [0, 0.1) is 11.3 Å². The summed E-state index contributed by atoms with van der Waals surface area (Å²) >= 11 is 7.38. The van der Waals surface area contributed by atoms with E-state index in [4.69, 9.17) is 11.6 Å². The van der Waals surface area contributed by atoms with E-state index >= 15 is 0 Å². The summed E-state index contributed by atoms with van der Waals surface area (Å²) in [5.74, 6) is -0.651. The van der Waals surface area contributed by atoms with Crippen molar-refractivity contribution in [2.75, 3.05) is 38.1 Å². The van der Waals surface area contributed by atoms with Gasteiger partial charge in [-0.3, -0.25) is 19.9 Å². The molecule has 2 amide bonds. The molecule has 2 aromatic rings. The van der Waals surface area contributed by atoms with Gasteiger partial charge in [-0.05, 0) is 36.2 Å². The van der Waals surface area contributed by atoms with Gasteiger partial charge in [0.25, 0.3) is 5.91 Å². The standard InChI is InChI=1S/C24H24ClN5O2S.BrH/c1-28-10-12-29(13-11-28)27-22(31)20(16-26)24-30(19-8-3-2-4-9-19)23(32)21(33-24)15-17-6-5-7-18(25)14-17;/h2-9,14,21H,10-13,15H2,1H3,(H,27,31);1H/b24-20-;. The summed E-state index contributed by atoms with van der Waals surface area (Å²) in [6, 6.07) is 18.6. The van der Waals surface area contributed by atoms with E-state index in [2.05, 4.69) is 18.5 Å². The quantitative estimate of drug-likeness (QED) is 0.347. The van der Waals surface area contributed by atoms with Gasteiger partial charge in [0.2, 0.25) is 5.91 Å². The molecule has 34 heavy (non-hydrogen) atoms. The minimum absolute atomic E-state index is 0. The number of piperazine rings is 1. The molecular weight excluding hydrogens is 538 g/mol. The molecule has 2 aromatic carbocycles. The molecule has 2 saturated heterocycles. The maximum absolute atomic E-state index is 13.5. The Bertz CT molecular complexity index is 1120. The van der Waals surface area contributed by atoms with E-state index in [1.165, 1.54) is 21.6 Å². The second-order valence-corrected chi connectivity index (χ2v) is 9.75. The second-order valence-electron chi connectivity index (χ2n) is 8.13. The molecule has 2 aliphatic heterocycles. The van der Waals surface area contributed by atoms with Gasteiger partial charge in [-0.15, -0.1) is 0 Å². The lowest BCUT2D eigenvalue weighted by atomic mass is 10.1. The molecular formula is C24H25BrClN5O2S. The largest absolute Gasteiger partial charge is 1.00 e. The first-order valence-corrected chi connectivity index (χ1v) is 12.0. The van der Waals surface area contributed by atoms with Crippen LogP contribution in [-0.4, -0.2) is 55.3 Å². The fourth-order valence-electron chi connectivity index (χ4n) is 3.88. The molecule has 178 valence electrons. The van der Waals surface area contributed by atoms with Crippen molar-refractivity contribution in [2.24, 2.45) is 0 Å². The van der Waals surface area contributed by atoms with Crippen LogP contribution in [0.5, 0.6) is 0 Å². The molecule has 1 unspecified atom stereocenters. The number of rotatable bonds is 5. The summed E-state index contributed by atoms with van der Waals surface area (Å²) in [7, 11) is 2.11. The normalized spacial score (nSPS) is 20.4. The Labute approximate surface area is 219 Å². The van der Waals surface area contributed by atoms with Crippen LogP contribution < -0.4 is 32.2 Å². The van der Waals surface area contributed by atoms with Gasteiger partial charge in [-0.2, -0.15) is 5.26 Å². The zero-order valence-electron chi connectivity index (χ0n) is 18.6. The molecule has 0 radical (unpaired) electrons. The van der Waals surface area contributed by atoms with Crippen LogP contribution in [0.3, 0.4) is 0 Å². The molecule has 2 aliphatic rings. The van der Waals surface area contributed by atoms with Crippen LogP contribution >= 0.6 is 23.4 Å². The molecule has 0 aromatic heterocycles. The average molecular weight is 563 g/mol. The number of nitrogens with one attached hydrogen (secondary N) is 2. The van der Waals surface area contributed by atoms with E-state index in [-0.39, 0.29) is 28.5 Å². The number of halogens is 2. The first-order valence-electron chi connectivity index (χ1n) is 10.8. The average Bonchev–Trinajstić information content (AvgIpc) is 3.12. The Balaban J connectivity index is 0.00000324. The lowest BCUT2D eigenvalue weighted by Crippen LogP contribution is -3.12. The monoisotopic (exact) mass is 561 g/mol. The van der Waals surface area contributed by atoms with Crippen LogP contribution in [0.2, 0.25) is 5.02 Å². The Morgan fingerprint density at radius 2 is 1.91 bits per heavy atom. The Morgan fingerprint density at radius 1 is 1.21 bits per heavy atom. The number of nitriles is 1. The van der Waals surface area contributed by atoms with Gasteiger partial charge in [-0.1, -0.05) is 53.7 Å². The van der Waals surface area contributed by atoms with E-state index in [1.54, 1.807) is 18.2 Å². The smallest absolute Gasteiger partial charge is 0.278 e. The summed E-state index contributed by atoms with van der Waals surface area (Å²) in [5.41, 5.74) is 4.35. The van der Waals surface area contributed by atoms with Crippen molar-refractivity contribution in [2.45, 2.75) is 11.7 Å². The third kappa shape index (κ3) is 6.01. The highest BCUT2D eigenvalue weighted by Crippen LogP contribution is 2.41. The lowest BCUT2D eigenvalue weighted by Gasteiger charge is -2.30. The third-order valence-corrected chi connectivity index (χ3v) is 7.20. The number of amides is 2. The first kappa shape index (κ1) is 26.3. The van der Waals surface area contributed by atoms with E-state index in [9.17, 15) is 14.9 Å². The number of hydrogen-bond acceptors (Lipinski definition) is 5. The van der Waals surface area contributed by atoms with Crippen molar-refractivity contribution in [1.82, 2.24) is 10.4 Å². The van der Waals surface area contributed by atoms with Gasteiger partial charge in [0, 0.05) is 10.7 Å². The molecule has 0 bridgehead atoms. The van der Waals surface area contributed by atoms with E-state index < -0.39 is 11.2 Å². The molecule has 0 aliphatic carbocycles. The van der Waals surface area contributed by atoms with Crippen molar-refractivity contribution < 1.29 is 31.5 Å². The van der Waals surface area contributed by atoms with Crippen LogP contribution in [-0.2, 0) is 16.0 Å². The van der Waals surface area contributed by atoms with Gasteiger partial charge < -0.3 is 21.9 Å². The molecule has 10 heteroatoms. The number of benzene rings is 2. The zero-order valence-corrected chi connectivity index (χ0v) is 21.8. The third-order valence-electron chi connectivity index (χ3n) is 5.71. The maximum atomic E-state index is 13.5. The van der Waals surface area contributed by atoms with E-state index in [0.717, 1.165) is 18.7 Å². The van der Waals surface area contributed by atoms with Crippen LogP contribution in [0.15, 0.2) is 65.2 Å². The first-order chi connectivity index (χ1) is 16.0. The predicted octanol–water partition coefficient (Wildman–Crippen LogP) is -1.37. The number of thioether (sulfide) groups is 1. The topological polar surface area (TPSA) is 80.9 Å². The number of anilines is 1. The minimum Gasteiger partial charge on any atom is -1.00 e. The molecule has 4 rings (SSSR count). The van der Waals surface area contributed by atoms with Gasteiger partial charge in [0.1, 0.15) is 16.7 Å². The number of nitrogens with zero attached hydrogens (tertiary/aromatic N) is 3. The SMILES string of the molecule is C[NH+]1CCN(NC(=O)/C(C#N)=C2\SC(Cc3cccc(Cl)c3)C(=O)N2c2ccccc2)CC1.[Br-]. The number of hydrogen-bond donors (Lipinski definition) is 2. The highest BCUT2D eigenvalue weighted by molar-refractivity contribution is 8.05. The fraction of sp³-hybridized carbons (Fsp3) is 0.292. The Morgan fingerprint density at radius 3 is 2.56 bits per heavy atom. The Kier molecular flexibility index (Phi) is 9.17. The molecule has 2 fully saturated rings. The van der Waals surface area contributed by atoms with Crippen molar-refractivity contribution in [3.63, 3.8) is 0 Å². The molecule has 2 heterocycles. The summed E-state index contributed by atoms with van der Waals surface area (Å²) in [6.45, 7) is 3.22. The Hall–Kier alpha value is -2.35. The molecule has 0 spiro atoms. The molecule has 0 saturated carbocycles. The molecule has 7 nitrogen and oxygen atoms in total. The van der Waals surface area contributed by atoms with E-state index in [1.807, 2.05) is 41.4 Å². The van der Waals surface area contributed by atoms with Crippen molar-refractivity contribution in [1.29, 1.82) is 5.26 Å². The van der Waals surface area contributed by atoms with Crippen molar-refractivity contribution >= 4 is 40.9 Å². The molecule has 1 atom stereocenters. The highest BCUT2D eigenvalue weighted by Gasteiger charge is 2.41. The lowest BCUT2D eigenvalue weighted by molar-refractivity contribution is -0.884. The summed E-state index contributed by atoms with van der Waals surface area (Å²) in [6.07, 6.45) is 0.443. The minimum atomic E-state index is -0.489. The van der Waals surface area contributed by atoms with Gasteiger partial charge in [0.05, 0.1) is 38.5 Å². The number of carbonyl (C=O) groups excluding carboxylic acids is 2. The zero-order chi connectivity index (χ0) is 23.4. The summed E-state index contributed by atoms with van der Waals surface area (Å²) in [5, 5.41) is 12.3. The van der Waals surface area contributed by atoms with Crippen LogP contribution in [0.25, 0.3) is 0 Å². The molecule has 2 N–H and O–H groups in total. The van der Waals surface area contributed by atoms with Crippen molar-refractivity contribution in [3.05, 3.63) is 75.8 Å². The number of para-hydroxylation sites is 1. The number of likely N-dealkylation sites (N-methyl/N-ethyl adjacent to an activating group) is 1. The van der Waals surface area contributed by atoms with Crippen LogP contribution in [0.1, 0.15) is 5.56 Å². The fourth-order valence-corrected chi connectivity index (χ4v) is 5.40. The van der Waals surface area contributed by atoms with Gasteiger partial charge >= 0.3 is 0 Å². The number of carbonyl (C=O) groups is 2. The summed E-state index contributed by atoms with van der Waals surface area (Å²) in [4.78, 5) is 29.4. The van der Waals surface area contributed by atoms with Gasteiger partial charge in [0.15, 0.2) is 0 Å². The number of hydrazine groups is 1. The highest BCUT2D eigenvalue weighted by atomic mass is 79.9. The van der Waals surface area contributed by atoms with Gasteiger partial charge in [-0.25, -0.2) is 5.01 Å². The maximum Gasteiger partial charge on any atom is 0.278 e. The number of quaternary nitrogens is 1. The summed E-state index contributed by atoms with van der Waals surface area (Å²) < 4.78 is 0. The van der Waals surface area contributed by atoms with Crippen LogP contribution in [0.4, 0.5) is 5.69 Å². The predicted molar refractivity (Wildman–Crippen MR) is 129 cm³/mol. The van der Waals surface area contributed by atoms with Crippen molar-refractivity contribution in [3.8, 4) is 6.07 Å². The van der Waals surface area contributed by atoms with E-state index in [0.29, 0.717) is 35.2 Å². The second kappa shape index (κ2) is 11.9.